The van der Waals surface area contributed by atoms with Crippen molar-refractivity contribution in [2.24, 2.45) is 0 Å². The number of phenolic OH excluding ortho intramolecular Hbond substituents is 1. The van der Waals surface area contributed by atoms with E-state index >= 15 is 0 Å². The molecule has 1 N–H and O–H groups in total. The van der Waals surface area contributed by atoms with Crippen molar-refractivity contribution in [2.75, 3.05) is 0 Å². The van der Waals surface area contributed by atoms with Gasteiger partial charge < -0.3 is 5.11 Å². The number of carbonyl (C=O) groups is 1. The molecule has 0 saturated heterocycles. The van der Waals surface area contributed by atoms with Gasteiger partial charge in [-0.3, -0.25) is 4.79 Å². The zero-order valence-electron chi connectivity index (χ0n) is 13.4. The molecule has 2 nitrogen and oxygen atoms in total. The van der Waals surface area contributed by atoms with Crippen LogP contribution in [0.25, 0.3) is 0 Å². The fraction of sp³-hybridized carbons (Fsp3) is 0.316. The molecule has 0 heterocycles. The van der Waals surface area contributed by atoms with Gasteiger partial charge in [0.1, 0.15) is 5.75 Å². The van der Waals surface area contributed by atoms with Crippen LogP contribution in [0.1, 0.15) is 52.5 Å². The van der Waals surface area contributed by atoms with Gasteiger partial charge in [-0.15, -0.1) is 0 Å². The number of benzene rings is 2. The zero-order valence-corrected chi connectivity index (χ0v) is 14.4. The lowest BCUT2D eigenvalue weighted by molar-refractivity contribution is 0.112. The van der Waals surface area contributed by atoms with Crippen LogP contribution in [-0.2, 0) is 0 Å². The zero-order chi connectivity index (χ0) is 16.1. The highest BCUT2D eigenvalue weighted by molar-refractivity contribution is 7.47. The monoisotopic (exact) mass is 314 g/mol. The number of aromatic hydroxyl groups is 1. The molecule has 0 spiro atoms. The van der Waals surface area contributed by atoms with Gasteiger partial charge in [0.15, 0.2) is 6.29 Å². The molecular weight excluding hydrogens is 291 g/mol. The molecule has 0 aliphatic heterocycles. The van der Waals surface area contributed by atoms with Crippen LogP contribution in [0.2, 0.25) is 0 Å². The Labute approximate surface area is 134 Å². The van der Waals surface area contributed by atoms with Gasteiger partial charge in [-0.25, -0.2) is 0 Å². The Balaban J connectivity index is 2.41. The molecule has 0 radical (unpaired) electrons. The molecule has 0 bridgehead atoms. The topological polar surface area (TPSA) is 37.3 Å². The van der Waals surface area contributed by atoms with Gasteiger partial charge in [-0.05, 0) is 31.1 Å². The molecule has 2 unspecified atom stereocenters. The van der Waals surface area contributed by atoms with E-state index in [9.17, 15) is 9.90 Å². The summed E-state index contributed by atoms with van der Waals surface area (Å²) in [4.78, 5) is 11.2. The molecular formula is C19H23O2P. The van der Waals surface area contributed by atoms with Crippen molar-refractivity contribution in [3.63, 3.8) is 0 Å². The van der Waals surface area contributed by atoms with Gasteiger partial charge in [0.25, 0.3) is 0 Å². The van der Waals surface area contributed by atoms with Gasteiger partial charge >= 0.3 is 0 Å². The Morgan fingerprint density at radius 2 is 1.95 bits per heavy atom. The molecule has 22 heavy (non-hydrogen) atoms. The van der Waals surface area contributed by atoms with Crippen molar-refractivity contribution in [3.8, 4) is 5.75 Å². The summed E-state index contributed by atoms with van der Waals surface area (Å²) in [5.74, 6) is 0.403. The lowest BCUT2D eigenvalue weighted by atomic mass is 10.0. The van der Waals surface area contributed by atoms with E-state index in [0.29, 0.717) is 14.3 Å². The smallest absolute Gasteiger partial charge is 0.150 e. The minimum Gasteiger partial charge on any atom is -0.507 e. The van der Waals surface area contributed by atoms with E-state index in [1.807, 2.05) is 37.3 Å². The molecule has 0 amide bonds. The molecule has 0 saturated carbocycles. The Bertz CT molecular complexity index is 664. The van der Waals surface area contributed by atoms with Crippen molar-refractivity contribution >= 4 is 20.2 Å². The van der Waals surface area contributed by atoms with E-state index in [0.717, 1.165) is 41.1 Å². The van der Waals surface area contributed by atoms with Crippen molar-refractivity contribution < 1.29 is 9.90 Å². The number of aryl methyl sites for hydroxylation is 2. The second-order valence-corrected chi connectivity index (χ2v) is 7.23. The van der Waals surface area contributed by atoms with Crippen LogP contribution >= 0.6 is 8.58 Å². The Morgan fingerprint density at radius 3 is 2.64 bits per heavy atom. The first-order valence-corrected chi connectivity index (χ1v) is 8.75. The maximum Gasteiger partial charge on any atom is 0.150 e. The van der Waals surface area contributed by atoms with Crippen molar-refractivity contribution in [3.05, 3.63) is 58.7 Å². The standard InChI is InChI=1S/C19H23O2P/c1-4-7-18(16-11-13(2)10-14(3)19(16)21)22-17-9-6-5-8-15(17)12-20/h5-6,8-12,18,21-22H,4,7H2,1-3H3. The van der Waals surface area contributed by atoms with E-state index in [1.54, 1.807) is 0 Å². The molecule has 116 valence electrons. The van der Waals surface area contributed by atoms with Crippen LogP contribution in [0.3, 0.4) is 0 Å². The first-order chi connectivity index (χ1) is 10.6. The summed E-state index contributed by atoms with van der Waals surface area (Å²) in [7, 11) is 0.483. The number of rotatable bonds is 6. The Morgan fingerprint density at radius 1 is 1.23 bits per heavy atom. The second kappa shape index (κ2) is 7.56. The number of hydrogen-bond acceptors (Lipinski definition) is 2. The third-order valence-electron chi connectivity index (χ3n) is 3.84. The molecule has 2 aromatic rings. The number of carbonyl (C=O) groups excluding carboxylic acids is 1. The van der Waals surface area contributed by atoms with Gasteiger partial charge in [0, 0.05) is 16.8 Å². The summed E-state index contributed by atoms with van der Waals surface area (Å²) in [6.45, 7) is 6.15. The van der Waals surface area contributed by atoms with Crippen LogP contribution in [0.15, 0.2) is 36.4 Å². The van der Waals surface area contributed by atoms with Gasteiger partial charge in [0.2, 0.25) is 0 Å². The molecule has 2 atom stereocenters. The molecule has 2 rings (SSSR count). The van der Waals surface area contributed by atoms with Crippen LogP contribution < -0.4 is 5.30 Å². The molecule has 0 aliphatic rings. The predicted molar refractivity (Wildman–Crippen MR) is 95.0 cm³/mol. The summed E-state index contributed by atoms with van der Waals surface area (Å²) < 4.78 is 0. The summed E-state index contributed by atoms with van der Waals surface area (Å²) in [6, 6.07) is 11.8. The minimum atomic E-state index is 0.254. The van der Waals surface area contributed by atoms with E-state index in [-0.39, 0.29) is 5.66 Å². The summed E-state index contributed by atoms with van der Waals surface area (Å²) >= 11 is 0. The van der Waals surface area contributed by atoms with Gasteiger partial charge in [-0.2, -0.15) is 0 Å². The fourth-order valence-corrected chi connectivity index (χ4v) is 4.46. The van der Waals surface area contributed by atoms with Crippen molar-refractivity contribution in [1.29, 1.82) is 0 Å². The Hall–Kier alpha value is -1.66. The molecule has 0 aliphatic carbocycles. The van der Waals surface area contributed by atoms with E-state index < -0.39 is 0 Å². The van der Waals surface area contributed by atoms with Crippen molar-refractivity contribution in [1.82, 2.24) is 0 Å². The van der Waals surface area contributed by atoms with E-state index in [4.69, 9.17) is 0 Å². The lowest BCUT2D eigenvalue weighted by Gasteiger charge is -2.20. The quantitative estimate of drug-likeness (QED) is 0.621. The van der Waals surface area contributed by atoms with E-state index in [1.165, 1.54) is 5.56 Å². The third kappa shape index (κ3) is 3.75. The molecule has 0 fully saturated rings. The number of hydrogen-bond donors (Lipinski definition) is 1. The average molecular weight is 314 g/mol. The lowest BCUT2D eigenvalue weighted by Crippen LogP contribution is -2.07. The van der Waals surface area contributed by atoms with Crippen LogP contribution in [0.4, 0.5) is 0 Å². The maximum atomic E-state index is 11.2. The Kier molecular flexibility index (Phi) is 5.74. The minimum absolute atomic E-state index is 0.254. The summed E-state index contributed by atoms with van der Waals surface area (Å²) in [5, 5.41) is 11.5. The number of aldehydes is 1. The maximum absolute atomic E-state index is 11.2. The fourth-order valence-electron chi connectivity index (χ4n) is 2.77. The summed E-state index contributed by atoms with van der Waals surface area (Å²) in [6.07, 6.45) is 2.97. The predicted octanol–water partition coefficient (Wildman–Crippen LogP) is 4.67. The van der Waals surface area contributed by atoms with Crippen LogP contribution in [0.5, 0.6) is 5.75 Å². The molecule has 0 aromatic heterocycles. The highest BCUT2D eigenvalue weighted by Gasteiger charge is 2.18. The van der Waals surface area contributed by atoms with Gasteiger partial charge in [-0.1, -0.05) is 63.9 Å². The largest absolute Gasteiger partial charge is 0.507 e. The first kappa shape index (κ1) is 16.7. The highest BCUT2D eigenvalue weighted by Crippen LogP contribution is 2.43. The second-order valence-electron chi connectivity index (χ2n) is 5.71. The molecule has 2 aromatic carbocycles. The molecule has 3 heteroatoms. The third-order valence-corrected chi connectivity index (χ3v) is 5.56. The van der Waals surface area contributed by atoms with Crippen LogP contribution in [-0.4, -0.2) is 11.4 Å². The first-order valence-electron chi connectivity index (χ1n) is 7.67. The summed E-state index contributed by atoms with van der Waals surface area (Å²) in [5.41, 5.74) is 4.11. The normalized spacial score (nSPS) is 12.7. The number of phenols is 1. The average Bonchev–Trinajstić information content (AvgIpc) is 2.51. The van der Waals surface area contributed by atoms with Crippen molar-refractivity contribution in [2.45, 2.75) is 39.3 Å². The van der Waals surface area contributed by atoms with Gasteiger partial charge in [0.05, 0.1) is 0 Å². The highest BCUT2D eigenvalue weighted by atomic mass is 31.1. The van der Waals surface area contributed by atoms with Crippen LogP contribution in [0, 0.1) is 13.8 Å². The SMILES string of the molecule is CCCC(Pc1ccccc1C=O)c1cc(C)cc(C)c1O. The van der Waals surface area contributed by atoms with E-state index in [2.05, 4.69) is 19.9 Å².